The maximum absolute atomic E-state index is 14.0. The Hall–Kier alpha value is -3.18. The fourth-order valence-corrected chi connectivity index (χ4v) is 6.81. The lowest BCUT2D eigenvalue weighted by molar-refractivity contribution is -0.263. The van der Waals surface area contributed by atoms with Gasteiger partial charge < -0.3 is 19.8 Å². The summed E-state index contributed by atoms with van der Waals surface area (Å²) in [7, 11) is 1.62. The highest BCUT2D eigenvalue weighted by Gasteiger charge is 2.61. The van der Waals surface area contributed by atoms with Gasteiger partial charge in [-0.2, -0.15) is 13.2 Å². The summed E-state index contributed by atoms with van der Waals surface area (Å²) in [5.41, 5.74) is 1.10. The number of H-pyrrole nitrogens is 1. The van der Waals surface area contributed by atoms with Gasteiger partial charge in [-0.1, -0.05) is 12.1 Å². The number of aryl methyl sites for hydroxylation is 1. The zero-order valence-electron chi connectivity index (χ0n) is 22.8. The lowest BCUT2D eigenvalue weighted by Crippen LogP contribution is -2.70. The van der Waals surface area contributed by atoms with Crippen molar-refractivity contribution >= 4 is 16.8 Å². The maximum atomic E-state index is 14.0. The Kier molecular flexibility index (Phi) is 6.61. The molecule has 1 saturated carbocycles. The molecule has 3 aliphatic rings. The van der Waals surface area contributed by atoms with Crippen LogP contribution >= 0.6 is 0 Å². The van der Waals surface area contributed by atoms with Crippen molar-refractivity contribution < 1.29 is 36.2 Å². The number of benzene rings is 2. The number of hydrogen-bond acceptors (Lipinski definition) is 4. The molecule has 11 heteroatoms. The van der Waals surface area contributed by atoms with Crippen LogP contribution in [0.5, 0.6) is 5.75 Å². The Morgan fingerprint density at radius 2 is 1.88 bits per heavy atom. The van der Waals surface area contributed by atoms with Gasteiger partial charge in [-0.3, -0.25) is 9.69 Å². The summed E-state index contributed by atoms with van der Waals surface area (Å²) < 4.78 is 79.1. The summed E-state index contributed by atoms with van der Waals surface area (Å²) in [5.74, 6) is -2.76. The first-order valence-electron chi connectivity index (χ1n) is 13.7. The number of alkyl halides is 5. The topological polar surface area (TPSA) is 66.6 Å². The number of rotatable bonds is 6. The van der Waals surface area contributed by atoms with Gasteiger partial charge in [-0.15, -0.1) is 0 Å². The van der Waals surface area contributed by atoms with Crippen molar-refractivity contribution in [1.82, 2.24) is 15.2 Å². The zero-order chi connectivity index (χ0) is 29.2. The van der Waals surface area contributed by atoms with Crippen LogP contribution in [0.25, 0.3) is 10.9 Å². The number of hydrogen-bond donors (Lipinski definition) is 2. The van der Waals surface area contributed by atoms with Gasteiger partial charge in [0.05, 0.1) is 20.3 Å². The molecule has 1 aromatic heterocycles. The van der Waals surface area contributed by atoms with Crippen molar-refractivity contribution in [3.05, 3.63) is 64.8 Å². The van der Waals surface area contributed by atoms with Crippen molar-refractivity contribution in [3.8, 4) is 5.75 Å². The molecule has 1 atom stereocenters. The number of aromatic nitrogens is 1. The molecule has 2 aliphatic heterocycles. The number of ether oxygens (including phenoxy) is 2. The van der Waals surface area contributed by atoms with E-state index < -0.39 is 42.2 Å². The van der Waals surface area contributed by atoms with Crippen molar-refractivity contribution in [2.75, 3.05) is 26.9 Å². The van der Waals surface area contributed by atoms with Crippen LogP contribution in [0, 0.1) is 12.3 Å². The molecule has 1 spiro atoms. The van der Waals surface area contributed by atoms with E-state index in [1.165, 1.54) is 12.1 Å². The highest BCUT2D eigenvalue weighted by Crippen LogP contribution is 2.60. The average molecular weight is 578 g/mol. The smallest absolute Gasteiger partial charge is 0.416 e. The summed E-state index contributed by atoms with van der Waals surface area (Å²) in [5, 5.41) is 3.13. The molecule has 0 bridgehead atoms. The summed E-state index contributed by atoms with van der Waals surface area (Å²) in [6, 6.07) is 10.2. The van der Waals surface area contributed by atoms with E-state index >= 15 is 0 Å². The summed E-state index contributed by atoms with van der Waals surface area (Å²) in [6.07, 6.45) is -1.89. The van der Waals surface area contributed by atoms with Crippen LogP contribution < -0.4 is 10.1 Å². The van der Waals surface area contributed by atoms with Crippen molar-refractivity contribution in [3.63, 3.8) is 0 Å². The van der Waals surface area contributed by atoms with Gasteiger partial charge in [-0.05, 0) is 67.1 Å². The highest BCUT2D eigenvalue weighted by atomic mass is 19.4. The molecule has 6 nitrogen and oxygen atoms in total. The maximum Gasteiger partial charge on any atom is 0.416 e. The highest BCUT2D eigenvalue weighted by molar-refractivity contribution is 5.95. The van der Waals surface area contributed by atoms with Crippen LogP contribution in [0.2, 0.25) is 0 Å². The summed E-state index contributed by atoms with van der Waals surface area (Å²) in [4.78, 5) is 18.3. The number of amides is 1. The van der Waals surface area contributed by atoms with Crippen LogP contribution in [0.1, 0.15) is 58.8 Å². The first kappa shape index (κ1) is 28.0. The number of nitrogens with one attached hydrogen (secondary N) is 2. The minimum atomic E-state index is -4.63. The number of piperidine rings is 1. The summed E-state index contributed by atoms with van der Waals surface area (Å²) in [6.45, 7) is 1.87. The summed E-state index contributed by atoms with van der Waals surface area (Å²) >= 11 is 0. The SMILES string of the molecule is COc1cc(C)c2[nH]ccc2c1CN1CCC2(C[C@H]1c1ccc(C(=O)NC3(C(F)(F)F)COC3)cc1)CC(F)(F)C2. The van der Waals surface area contributed by atoms with Crippen molar-refractivity contribution in [2.45, 2.75) is 62.8 Å². The van der Waals surface area contributed by atoms with E-state index in [1.54, 1.807) is 19.2 Å². The molecule has 2 aromatic carbocycles. The molecule has 41 heavy (non-hydrogen) atoms. The molecule has 6 rings (SSSR count). The fourth-order valence-electron chi connectivity index (χ4n) is 6.81. The van der Waals surface area contributed by atoms with Gasteiger partial charge in [0.1, 0.15) is 5.75 Å². The van der Waals surface area contributed by atoms with Gasteiger partial charge in [0.2, 0.25) is 5.92 Å². The minimum Gasteiger partial charge on any atom is -0.496 e. The molecule has 0 unspecified atom stereocenters. The second kappa shape index (κ2) is 9.69. The van der Waals surface area contributed by atoms with Crippen LogP contribution in [-0.4, -0.2) is 60.3 Å². The Morgan fingerprint density at radius 1 is 1.17 bits per heavy atom. The van der Waals surface area contributed by atoms with Crippen LogP contribution in [0.3, 0.4) is 0 Å². The standard InChI is InChI=1S/C30H32F5N3O3/c1-18-11-24(40-2)22(21-7-9-36-25(18)21)13-38-10-8-27(14-29(31,32)15-27)12-23(38)19-3-5-20(6-4-19)26(39)37-28(16-41-17-28)30(33,34)35/h3-7,9,11,23,36H,8,10,12-17H2,1-2H3,(H,37,39)/t23-/m0/s1. The van der Waals surface area contributed by atoms with E-state index in [-0.39, 0.29) is 24.4 Å². The van der Waals surface area contributed by atoms with Crippen LogP contribution in [0.15, 0.2) is 42.6 Å². The Bertz CT molecular complexity index is 1450. The number of halogens is 5. The minimum absolute atomic E-state index is 0.0887. The molecule has 2 saturated heterocycles. The molecular formula is C30H32F5N3O3. The fraction of sp³-hybridized carbons (Fsp3) is 0.500. The molecule has 3 aromatic rings. The third-order valence-corrected chi connectivity index (χ3v) is 9.11. The molecule has 0 radical (unpaired) electrons. The van der Waals surface area contributed by atoms with Gasteiger partial charge in [-0.25, -0.2) is 8.78 Å². The molecule has 1 amide bonds. The van der Waals surface area contributed by atoms with Gasteiger partial charge in [0, 0.05) is 53.7 Å². The van der Waals surface area contributed by atoms with Crippen LogP contribution in [0.4, 0.5) is 22.0 Å². The predicted molar refractivity (Wildman–Crippen MR) is 142 cm³/mol. The average Bonchev–Trinajstić information content (AvgIpc) is 3.37. The van der Waals surface area contributed by atoms with Crippen LogP contribution in [-0.2, 0) is 11.3 Å². The lowest BCUT2D eigenvalue weighted by atomic mass is 9.59. The van der Waals surface area contributed by atoms with E-state index in [0.29, 0.717) is 25.9 Å². The molecule has 2 N–H and O–H groups in total. The van der Waals surface area contributed by atoms with Crippen molar-refractivity contribution in [1.29, 1.82) is 0 Å². The Balaban J connectivity index is 1.28. The normalized spacial score (nSPS) is 23.1. The number of carbonyl (C=O) groups is 1. The third kappa shape index (κ3) is 4.86. The van der Waals surface area contributed by atoms with E-state index in [2.05, 4.69) is 15.2 Å². The van der Waals surface area contributed by atoms with Gasteiger partial charge >= 0.3 is 6.18 Å². The predicted octanol–water partition coefficient (Wildman–Crippen LogP) is 6.30. The molecule has 3 heterocycles. The van der Waals surface area contributed by atoms with Crippen molar-refractivity contribution in [2.24, 2.45) is 5.41 Å². The van der Waals surface area contributed by atoms with E-state index in [0.717, 1.165) is 33.3 Å². The Morgan fingerprint density at radius 3 is 2.46 bits per heavy atom. The second-order valence-electron chi connectivity index (χ2n) is 11.9. The monoisotopic (exact) mass is 577 g/mol. The number of carbonyl (C=O) groups excluding carboxylic acids is 1. The number of fused-ring (bicyclic) bond motifs is 1. The largest absolute Gasteiger partial charge is 0.496 e. The van der Waals surface area contributed by atoms with Gasteiger partial charge in [0.15, 0.2) is 5.54 Å². The Labute approximate surface area is 234 Å². The molecule has 220 valence electrons. The lowest BCUT2D eigenvalue weighted by Gasteiger charge is -2.54. The van der Waals surface area contributed by atoms with E-state index in [4.69, 9.17) is 9.47 Å². The first-order valence-corrected chi connectivity index (χ1v) is 13.7. The number of methoxy groups -OCH3 is 1. The van der Waals surface area contributed by atoms with Gasteiger partial charge in [0.25, 0.3) is 5.91 Å². The number of nitrogens with zero attached hydrogens (tertiary/aromatic N) is 1. The molecular weight excluding hydrogens is 545 g/mol. The quantitative estimate of drug-likeness (QED) is 0.338. The zero-order valence-corrected chi connectivity index (χ0v) is 22.8. The molecule has 1 aliphatic carbocycles. The number of likely N-dealkylation sites (tertiary alicyclic amines) is 1. The van der Waals surface area contributed by atoms with E-state index in [1.807, 2.05) is 25.3 Å². The molecule has 3 fully saturated rings. The number of aromatic amines is 1. The third-order valence-electron chi connectivity index (χ3n) is 9.11. The first-order chi connectivity index (χ1) is 19.3. The van der Waals surface area contributed by atoms with E-state index in [9.17, 15) is 26.7 Å². The second-order valence-corrected chi connectivity index (χ2v) is 11.9.